The van der Waals surface area contributed by atoms with Gasteiger partial charge in [0.15, 0.2) is 0 Å². The van der Waals surface area contributed by atoms with Crippen LogP contribution in [0.15, 0.2) is 18.2 Å². The average molecular weight is 302 g/mol. The molecule has 2 rings (SSSR count). The summed E-state index contributed by atoms with van der Waals surface area (Å²) in [7, 11) is 0. The lowest BCUT2D eigenvalue weighted by Gasteiger charge is -2.30. The fourth-order valence-corrected chi connectivity index (χ4v) is 2.71. The zero-order valence-corrected chi connectivity index (χ0v) is 12.0. The fraction of sp³-hybridized carbons (Fsp3) is 0.462. The normalized spacial score (nSPS) is 19.3. The summed E-state index contributed by atoms with van der Waals surface area (Å²) in [5.41, 5.74) is 6.60. The Balaban J connectivity index is 1.89. The number of piperidine rings is 1. The van der Waals surface area contributed by atoms with Gasteiger partial charge in [-0.15, -0.1) is 0 Å². The Kier molecular flexibility index (Phi) is 4.91. The molecule has 6 heteroatoms. The predicted molar refractivity (Wildman–Crippen MR) is 78.7 cm³/mol. The van der Waals surface area contributed by atoms with Gasteiger partial charge in [0, 0.05) is 34.9 Å². The van der Waals surface area contributed by atoms with E-state index in [4.69, 9.17) is 28.9 Å². The fourth-order valence-electron chi connectivity index (χ4n) is 2.18. The van der Waals surface area contributed by atoms with E-state index in [1.807, 2.05) is 0 Å². The van der Waals surface area contributed by atoms with Crippen molar-refractivity contribution in [2.24, 2.45) is 5.73 Å². The average Bonchev–Trinajstić information content (AvgIpc) is 2.35. The van der Waals surface area contributed by atoms with Crippen LogP contribution >= 0.6 is 23.2 Å². The van der Waals surface area contributed by atoms with Crippen LogP contribution in [0, 0.1) is 0 Å². The van der Waals surface area contributed by atoms with Crippen LogP contribution in [0.5, 0.6) is 0 Å². The first-order valence-corrected chi connectivity index (χ1v) is 7.03. The number of nitrogens with two attached hydrogens (primary N) is 1. The number of carbonyl (C=O) groups excluding carboxylic acids is 1. The van der Waals surface area contributed by atoms with E-state index < -0.39 is 0 Å². The molecule has 1 aromatic rings. The Morgan fingerprint density at radius 1 is 1.37 bits per heavy atom. The van der Waals surface area contributed by atoms with Crippen LogP contribution in [0.25, 0.3) is 0 Å². The molecule has 1 amide bonds. The molecule has 1 atom stereocenters. The lowest BCUT2D eigenvalue weighted by molar-refractivity contribution is -0.130. The lowest BCUT2D eigenvalue weighted by Crippen LogP contribution is -2.47. The third-order valence-corrected chi connectivity index (χ3v) is 3.55. The van der Waals surface area contributed by atoms with E-state index >= 15 is 0 Å². The number of amides is 1. The van der Waals surface area contributed by atoms with E-state index in [9.17, 15) is 4.79 Å². The molecule has 0 radical (unpaired) electrons. The van der Waals surface area contributed by atoms with Gasteiger partial charge in [-0.3, -0.25) is 4.79 Å². The van der Waals surface area contributed by atoms with Crippen molar-refractivity contribution in [3.63, 3.8) is 0 Å². The van der Waals surface area contributed by atoms with Crippen LogP contribution in [0.2, 0.25) is 10.0 Å². The minimum atomic E-state index is 0.0475. The van der Waals surface area contributed by atoms with Gasteiger partial charge in [0.05, 0.1) is 6.54 Å². The predicted octanol–water partition coefficient (Wildman–Crippen LogP) is 2.36. The molecule has 1 heterocycles. The van der Waals surface area contributed by atoms with Crippen LogP contribution in [0.1, 0.15) is 12.8 Å². The zero-order chi connectivity index (χ0) is 13.8. The molecule has 0 saturated carbocycles. The number of benzene rings is 1. The largest absolute Gasteiger partial charge is 0.376 e. The molecule has 1 aliphatic rings. The smallest absolute Gasteiger partial charge is 0.241 e. The number of hydrogen-bond acceptors (Lipinski definition) is 3. The number of nitrogens with one attached hydrogen (secondary N) is 1. The van der Waals surface area contributed by atoms with Gasteiger partial charge in [0.2, 0.25) is 5.91 Å². The van der Waals surface area contributed by atoms with E-state index in [0.717, 1.165) is 25.1 Å². The molecule has 3 N–H and O–H groups in total. The van der Waals surface area contributed by atoms with Crippen molar-refractivity contribution in [1.82, 2.24) is 4.90 Å². The third-order valence-electron chi connectivity index (χ3n) is 3.12. The molecule has 0 aromatic heterocycles. The van der Waals surface area contributed by atoms with Gasteiger partial charge < -0.3 is 16.0 Å². The maximum Gasteiger partial charge on any atom is 0.241 e. The molecule has 1 aliphatic heterocycles. The molecule has 1 saturated heterocycles. The molecule has 1 aromatic carbocycles. The molecule has 0 bridgehead atoms. The topological polar surface area (TPSA) is 58.4 Å². The van der Waals surface area contributed by atoms with E-state index in [2.05, 4.69) is 5.32 Å². The van der Waals surface area contributed by atoms with Gasteiger partial charge in [-0.05, 0) is 31.0 Å². The highest BCUT2D eigenvalue weighted by atomic mass is 35.5. The second-order valence-electron chi connectivity index (χ2n) is 4.75. The number of hydrogen-bond donors (Lipinski definition) is 2. The maximum absolute atomic E-state index is 12.0. The summed E-state index contributed by atoms with van der Waals surface area (Å²) in [5, 5.41) is 4.13. The van der Waals surface area contributed by atoms with Gasteiger partial charge >= 0.3 is 0 Å². The number of nitrogens with zero attached hydrogens (tertiary/aromatic N) is 1. The quantitative estimate of drug-likeness (QED) is 0.901. The van der Waals surface area contributed by atoms with E-state index in [0.29, 0.717) is 16.6 Å². The molecular weight excluding hydrogens is 285 g/mol. The molecule has 0 aliphatic carbocycles. The highest BCUT2D eigenvalue weighted by Crippen LogP contribution is 2.22. The third kappa shape index (κ3) is 4.27. The van der Waals surface area contributed by atoms with Gasteiger partial charge in [-0.1, -0.05) is 23.2 Å². The summed E-state index contributed by atoms with van der Waals surface area (Å²) in [4.78, 5) is 13.8. The standard InChI is InChI=1S/C13H17Cl2N3O/c14-9-4-10(15)6-12(5-9)17-7-13(19)18-3-1-2-11(16)8-18/h4-6,11,17H,1-3,7-8,16H2. The van der Waals surface area contributed by atoms with Crippen molar-refractivity contribution in [3.8, 4) is 0 Å². The number of rotatable bonds is 3. The molecule has 1 fully saturated rings. The van der Waals surface area contributed by atoms with E-state index in [1.54, 1.807) is 23.1 Å². The first-order chi connectivity index (χ1) is 9.04. The zero-order valence-electron chi connectivity index (χ0n) is 10.5. The van der Waals surface area contributed by atoms with Crippen molar-refractivity contribution in [1.29, 1.82) is 0 Å². The molecule has 1 unspecified atom stereocenters. The maximum atomic E-state index is 12.0. The van der Waals surface area contributed by atoms with Gasteiger partial charge in [-0.2, -0.15) is 0 Å². The first kappa shape index (κ1) is 14.4. The number of anilines is 1. The summed E-state index contributed by atoms with van der Waals surface area (Å²) in [6.07, 6.45) is 1.96. The van der Waals surface area contributed by atoms with E-state index in [1.165, 1.54) is 0 Å². The van der Waals surface area contributed by atoms with Crippen molar-refractivity contribution in [2.45, 2.75) is 18.9 Å². The second kappa shape index (κ2) is 6.46. The van der Waals surface area contributed by atoms with Crippen molar-refractivity contribution in [2.75, 3.05) is 25.0 Å². The van der Waals surface area contributed by atoms with Crippen LogP contribution in [-0.4, -0.2) is 36.5 Å². The number of carbonyl (C=O) groups is 1. The number of halogens is 2. The Morgan fingerprint density at radius 2 is 2.05 bits per heavy atom. The molecule has 4 nitrogen and oxygen atoms in total. The second-order valence-corrected chi connectivity index (χ2v) is 5.63. The molecular formula is C13H17Cl2N3O. The summed E-state index contributed by atoms with van der Waals surface area (Å²) < 4.78 is 0. The van der Waals surface area contributed by atoms with Crippen LogP contribution < -0.4 is 11.1 Å². The highest BCUT2D eigenvalue weighted by Gasteiger charge is 2.20. The molecule has 19 heavy (non-hydrogen) atoms. The van der Waals surface area contributed by atoms with E-state index in [-0.39, 0.29) is 18.5 Å². The minimum Gasteiger partial charge on any atom is -0.376 e. The SMILES string of the molecule is NC1CCCN(C(=O)CNc2cc(Cl)cc(Cl)c2)C1. The highest BCUT2D eigenvalue weighted by molar-refractivity contribution is 6.35. The minimum absolute atomic E-state index is 0.0475. The first-order valence-electron chi connectivity index (χ1n) is 6.28. The van der Waals surface area contributed by atoms with Crippen LogP contribution in [-0.2, 0) is 4.79 Å². The van der Waals surface area contributed by atoms with Gasteiger partial charge in [-0.25, -0.2) is 0 Å². The Bertz CT molecular complexity index is 447. The lowest BCUT2D eigenvalue weighted by atomic mass is 10.1. The monoisotopic (exact) mass is 301 g/mol. The van der Waals surface area contributed by atoms with Crippen molar-refractivity contribution < 1.29 is 4.79 Å². The van der Waals surface area contributed by atoms with Crippen molar-refractivity contribution in [3.05, 3.63) is 28.2 Å². The van der Waals surface area contributed by atoms with Crippen LogP contribution in [0.3, 0.4) is 0 Å². The van der Waals surface area contributed by atoms with Gasteiger partial charge in [0.1, 0.15) is 0 Å². The van der Waals surface area contributed by atoms with Crippen LogP contribution in [0.4, 0.5) is 5.69 Å². The Morgan fingerprint density at radius 3 is 2.68 bits per heavy atom. The molecule has 0 spiro atoms. The summed E-state index contributed by atoms with van der Waals surface area (Å²) in [6, 6.07) is 5.23. The number of likely N-dealkylation sites (tertiary alicyclic amines) is 1. The summed E-state index contributed by atoms with van der Waals surface area (Å²) in [6.45, 7) is 1.64. The Labute approximate surface area is 122 Å². The molecule has 104 valence electrons. The summed E-state index contributed by atoms with van der Waals surface area (Å²) in [5.74, 6) is 0.0475. The Hall–Kier alpha value is -0.970. The van der Waals surface area contributed by atoms with Gasteiger partial charge in [0.25, 0.3) is 0 Å². The summed E-state index contributed by atoms with van der Waals surface area (Å²) >= 11 is 11.8. The van der Waals surface area contributed by atoms with Crippen molar-refractivity contribution >= 4 is 34.8 Å².